The molecule has 0 aliphatic carbocycles. The Bertz CT molecular complexity index is 1040. The lowest BCUT2D eigenvalue weighted by Crippen LogP contribution is -2.56. The SMILES string of the molecule is COc1cncc(-c2ccc3c(n2)N(C(=O)Nc2ccccn2)[C@H]2CCN32)c1. The van der Waals surface area contributed by atoms with Gasteiger partial charge in [-0.05, 0) is 30.3 Å². The molecule has 1 atom stereocenters. The third-order valence-corrected chi connectivity index (χ3v) is 5.04. The lowest BCUT2D eigenvalue weighted by atomic mass is 10.1. The van der Waals surface area contributed by atoms with E-state index in [1.54, 1.807) is 36.7 Å². The Kier molecular flexibility index (Phi) is 3.82. The molecule has 5 heterocycles. The normalized spacial score (nSPS) is 16.8. The van der Waals surface area contributed by atoms with Gasteiger partial charge in [0.1, 0.15) is 17.7 Å². The predicted molar refractivity (Wildman–Crippen MR) is 106 cm³/mol. The van der Waals surface area contributed by atoms with Gasteiger partial charge in [0.15, 0.2) is 5.82 Å². The van der Waals surface area contributed by atoms with Crippen LogP contribution in [-0.4, -0.2) is 40.8 Å². The van der Waals surface area contributed by atoms with Crippen molar-refractivity contribution in [1.29, 1.82) is 0 Å². The Labute approximate surface area is 161 Å². The van der Waals surface area contributed by atoms with Gasteiger partial charge in [0.05, 0.1) is 24.7 Å². The number of rotatable bonds is 3. The second-order valence-electron chi connectivity index (χ2n) is 6.63. The van der Waals surface area contributed by atoms with E-state index < -0.39 is 0 Å². The van der Waals surface area contributed by atoms with E-state index in [0.717, 1.165) is 29.9 Å². The maximum atomic E-state index is 13.0. The number of carbonyl (C=O) groups is 1. The Hall–Kier alpha value is -3.68. The van der Waals surface area contributed by atoms with Gasteiger partial charge >= 0.3 is 6.03 Å². The molecule has 0 radical (unpaired) electrons. The lowest BCUT2D eigenvalue weighted by molar-refractivity contribution is 0.252. The standard InChI is InChI=1S/C20H18N6O2/c1-28-14-10-13(11-21-12-14)15-5-6-16-19(23-15)26(18-7-9-25(16)18)20(27)24-17-4-2-3-8-22-17/h2-6,8,10-12,18H,7,9H2,1H3,(H,22,24,27)/t18-/m0/s1. The summed E-state index contributed by atoms with van der Waals surface area (Å²) in [6.07, 6.45) is 5.93. The van der Waals surface area contributed by atoms with E-state index >= 15 is 0 Å². The summed E-state index contributed by atoms with van der Waals surface area (Å²) in [6, 6.07) is 11.0. The summed E-state index contributed by atoms with van der Waals surface area (Å²) in [4.78, 5) is 30.1. The van der Waals surface area contributed by atoms with Crippen LogP contribution in [0.15, 0.2) is 55.0 Å². The molecule has 8 nitrogen and oxygen atoms in total. The summed E-state index contributed by atoms with van der Waals surface area (Å²) in [7, 11) is 1.60. The average Bonchev–Trinajstić information content (AvgIpc) is 2.94. The predicted octanol–water partition coefficient (Wildman–Crippen LogP) is 3.14. The first kappa shape index (κ1) is 16.5. The number of nitrogens with zero attached hydrogens (tertiary/aromatic N) is 5. The van der Waals surface area contributed by atoms with Crippen LogP contribution in [-0.2, 0) is 0 Å². The number of urea groups is 1. The van der Waals surface area contributed by atoms with Crippen molar-refractivity contribution < 1.29 is 9.53 Å². The number of aromatic nitrogens is 3. The molecule has 1 saturated heterocycles. The quantitative estimate of drug-likeness (QED) is 0.758. The van der Waals surface area contributed by atoms with Crippen molar-refractivity contribution in [3.8, 4) is 17.0 Å². The van der Waals surface area contributed by atoms with E-state index in [-0.39, 0.29) is 12.2 Å². The molecule has 2 aliphatic rings. The summed E-state index contributed by atoms with van der Waals surface area (Å²) < 4.78 is 5.26. The minimum absolute atomic E-state index is 0.00935. The molecule has 0 aromatic carbocycles. The van der Waals surface area contributed by atoms with Crippen molar-refractivity contribution >= 4 is 23.4 Å². The number of ether oxygens (including phenoxy) is 1. The van der Waals surface area contributed by atoms with Crippen molar-refractivity contribution in [3.05, 3.63) is 55.0 Å². The highest BCUT2D eigenvalue weighted by atomic mass is 16.5. The van der Waals surface area contributed by atoms with E-state index in [0.29, 0.717) is 17.4 Å². The van der Waals surface area contributed by atoms with E-state index in [1.807, 2.05) is 30.3 Å². The van der Waals surface area contributed by atoms with Crippen LogP contribution in [0, 0.1) is 0 Å². The number of amides is 2. The first-order chi connectivity index (χ1) is 13.7. The summed E-state index contributed by atoms with van der Waals surface area (Å²) in [6.45, 7) is 0.909. The molecule has 0 saturated carbocycles. The largest absolute Gasteiger partial charge is 0.495 e. The topological polar surface area (TPSA) is 83.5 Å². The lowest BCUT2D eigenvalue weighted by Gasteiger charge is -2.39. The highest BCUT2D eigenvalue weighted by molar-refractivity contribution is 6.06. The van der Waals surface area contributed by atoms with Crippen LogP contribution in [0.3, 0.4) is 0 Å². The van der Waals surface area contributed by atoms with E-state index in [2.05, 4.69) is 20.2 Å². The third-order valence-electron chi connectivity index (χ3n) is 5.04. The van der Waals surface area contributed by atoms with Gasteiger partial charge in [-0.3, -0.25) is 15.2 Å². The molecular weight excluding hydrogens is 356 g/mol. The smallest absolute Gasteiger partial charge is 0.330 e. The molecule has 2 aliphatic heterocycles. The molecule has 1 N–H and O–H groups in total. The number of hydrogen-bond acceptors (Lipinski definition) is 6. The van der Waals surface area contributed by atoms with Crippen molar-refractivity contribution in [1.82, 2.24) is 15.0 Å². The van der Waals surface area contributed by atoms with Gasteiger partial charge in [0, 0.05) is 30.9 Å². The molecule has 28 heavy (non-hydrogen) atoms. The molecule has 8 heteroatoms. The van der Waals surface area contributed by atoms with Gasteiger partial charge in [-0.1, -0.05) is 6.07 Å². The van der Waals surface area contributed by atoms with Crippen LogP contribution in [0.4, 0.5) is 22.1 Å². The average molecular weight is 374 g/mol. The van der Waals surface area contributed by atoms with Crippen molar-refractivity contribution in [3.63, 3.8) is 0 Å². The Morgan fingerprint density at radius 1 is 1.25 bits per heavy atom. The highest BCUT2D eigenvalue weighted by Gasteiger charge is 2.46. The second kappa shape index (κ2) is 6.49. The molecule has 0 spiro atoms. The van der Waals surface area contributed by atoms with Crippen molar-refractivity contribution in [2.24, 2.45) is 0 Å². The minimum Gasteiger partial charge on any atom is -0.495 e. The zero-order valence-corrected chi connectivity index (χ0v) is 15.2. The van der Waals surface area contributed by atoms with Crippen molar-refractivity contribution in [2.75, 3.05) is 28.8 Å². The molecule has 5 rings (SSSR count). The van der Waals surface area contributed by atoms with E-state index in [4.69, 9.17) is 9.72 Å². The van der Waals surface area contributed by atoms with Gasteiger partial charge in [-0.15, -0.1) is 0 Å². The Morgan fingerprint density at radius 2 is 2.18 bits per heavy atom. The summed E-state index contributed by atoms with van der Waals surface area (Å²) in [5.74, 6) is 1.82. The zero-order chi connectivity index (χ0) is 19.1. The van der Waals surface area contributed by atoms with Crippen LogP contribution in [0.2, 0.25) is 0 Å². The second-order valence-corrected chi connectivity index (χ2v) is 6.63. The molecule has 2 amide bonds. The number of carbonyl (C=O) groups excluding carboxylic acids is 1. The summed E-state index contributed by atoms with van der Waals surface area (Å²) >= 11 is 0. The number of pyridine rings is 3. The maximum Gasteiger partial charge on any atom is 0.330 e. The van der Waals surface area contributed by atoms with Crippen LogP contribution in [0.1, 0.15) is 6.42 Å². The van der Waals surface area contributed by atoms with Crippen LogP contribution >= 0.6 is 0 Å². The maximum absolute atomic E-state index is 13.0. The number of fused-ring (bicyclic) bond motifs is 3. The first-order valence-electron chi connectivity index (χ1n) is 9.03. The fraction of sp³-hybridized carbons (Fsp3) is 0.200. The molecule has 3 aromatic rings. The van der Waals surface area contributed by atoms with Crippen molar-refractivity contribution in [2.45, 2.75) is 12.6 Å². The van der Waals surface area contributed by atoms with Crippen LogP contribution in [0.25, 0.3) is 11.3 Å². The number of anilines is 3. The van der Waals surface area contributed by atoms with Gasteiger partial charge in [0.25, 0.3) is 0 Å². The molecule has 1 fully saturated rings. The van der Waals surface area contributed by atoms with E-state index in [1.165, 1.54) is 0 Å². The Balaban J connectivity index is 1.51. The van der Waals surface area contributed by atoms with Gasteiger partial charge < -0.3 is 9.64 Å². The number of hydrogen-bond donors (Lipinski definition) is 1. The highest BCUT2D eigenvalue weighted by Crippen LogP contribution is 2.45. The summed E-state index contributed by atoms with van der Waals surface area (Å²) in [5.41, 5.74) is 2.54. The van der Waals surface area contributed by atoms with Gasteiger partial charge in [-0.2, -0.15) is 0 Å². The first-order valence-corrected chi connectivity index (χ1v) is 9.03. The molecule has 0 unspecified atom stereocenters. The summed E-state index contributed by atoms with van der Waals surface area (Å²) in [5, 5.41) is 2.86. The third kappa shape index (κ3) is 2.61. The monoisotopic (exact) mass is 374 g/mol. The fourth-order valence-corrected chi connectivity index (χ4v) is 3.58. The Morgan fingerprint density at radius 3 is 2.93 bits per heavy atom. The molecular formula is C20H18N6O2. The minimum atomic E-state index is -0.236. The van der Waals surface area contributed by atoms with Gasteiger partial charge in [0.2, 0.25) is 0 Å². The van der Waals surface area contributed by atoms with Gasteiger partial charge in [-0.25, -0.2) is 14.8 Å². The molecule has 140 valence electrons. The number of methoxy groups -OCH3 is 1. The van der Waals surface area contributed by atoms with E-state index in [9.17, 15) is 4.79 Å². The number of nitrogens with one attached hydrogen (secondary N) is 1. The molecule has 0 bridgehead atoms. The molecule has 3 aromatic heterocycles. The van der Waals surface area contributed by atoms with Crippen LogP contribution < -0.4 is 19.9 Å². The van der Waals surface area contributed by atoms with Crippen LogP contribution in [0.5, 0.6) is 5.75 Å². The zero-order valence-electron chi connectivity index (χ0n) is 15.2. The fourth-order valence-electron chi connectivity index (χ4n) is 3.58.